The molecule has 0 aromatic heterocycles. The van der Waals surface area contributed by atoms with Crippen molar-refractivity contribution in [3.63, 3.8) is 0 Å². The largest absolute Gasteiger partial charge is 0.466 e. The Balaban J connectivity index is 2.22. The standard InChI is InChI=1S/C13H25NO3/c1-4-16-13(15)11(2)9-14(3)10-12-7-5-6-8-17-12/h11-12H,4-10H2,1-3H3. The van der Waals surface area contributed by atoms with Gasteiger partial charge in [0.25, 0.3) is 0 Å². The minimum Gasteiger partial charge on any atom is -0.466 e. The molecule has 0 saturated carbocycles. The van der Waals surface area contributed by atoms with E-state index in [0.717, 1.165) is 26.1 Å². The zero-order chi connectivity index (χ0) is 12.7. The first-order valence-electron chi connectivity index (χ1n) is 6.60. The van der Waals surface area contributed by atoms with Gasteiger partial charge in [0.1, 0.15) is 0 Å². The van der Waals surface area contributed by atoms with E-state index in [1.54, 1.807) is 0 Å². The molecule has 0 N–H and O–H groups in total. The predicted octanol–water partition coefficient (Wildman–Crippen LogP) is 1.69. The van der Waals surface area contributed by atoms with E-state index in [1.807, 2.05) is 20.9 Å². The highest BCUT2D eigenvalue weighted by Crippen LogP contribution is 2.14. The van der Waals surface area contributed by atoms with Crippen molar-refractivity contribution in [1.29, 1.82) is 0 Å². The Hall–Kier alpha value is -0.610. The first kappa shape index (κ1) is 14.5. The lowest BCUT2D eigenvalue weighted by atomic mass is 10.1. The van der Waals surface area contributed by atoms with Gasteiger partial charge in [0, 0.05) is 19.7 Å². The minimum atomic E-state index is -0.107. The van der Waals surface area contributed by atoms with E-state index < -0.39 is 0 Å². The fourth-order valence-corrected chi connectivity index (χ4v) is 2.20. The van der Waals surface area contributed by atoms with Crippen LogP contribution in [-0.2, 0) is 14.3 Å². The Labute approximate surface area is 104 Å². The highest BCUT2D eigenvalue weighted by molar-refractivity contribution is 5.72. The van der Waals surface area contributed by atoms with Crippen LogP contribution in [0.4, 0.5) is 0 Å². The van der Waals surface area contributed by atoms with Crippen molar-refractivity contribution in [3.8, 4) is 0 Å². The average molecular weight is 243 g/mol. The molecule has 1 rings (SSSR count). The second-order valence-corrected chi connectivity index (χ2v) is 4.86. The summed E-state index contributed by atoms with van der Waals surface area (Å²) >= 11 is 0. The Kier molecular flexibility index (Phi) is 6.52. The lowest BCUT2D eigenvalue weighted by molar-refractivity contribution is -0.148. The maximum atomic E-state index is 11.5. The summed E-state index contributed by atoms with van der Waals surface area (Å²) in [6, 6.07) is 0. The molecule has 4 heteroatoms. The molecule has 100 valence electrons. The van der Waals surface area contributed by atoms with E-state index in [2.05, 4.69) is 4.90 Å². The van der Waals surface area contributed by atoms with Crippen LogP contribution in [-0.4, -0.2) is 50.3 Å². The summed E-state index contributed by atoms with van der Waals surface area (Å²) in [4.78, 5) is 13.7. The summed E-state index contributed by atoms with van der Waals surface area (Å²) in [5, 5.41) is 0. The number of esters is 1. The molecule has 0 aliphatic carbocycles. The SMILES string of the molecule is CCOC(=O)C(C)CN(C)CC1CCCCO1. The molecule has 2 unspecified atom stereocenters. The third-order valence-electron chi connectivity index (χ3n) is 3.06. The molecule has 1 heterocycles. The monoisotopic (exact) mass is 243 g/mol. The van der Waals surface area contributed by atoms with Crippen LogP contribution in [0.3, 0.4) is 0 Å². The summed E-state index contributed by atoms with van der Waals surface area (Å²) in [6.07, 6.45) is 3.91. The van der Waals surface area contributed by atoms with Gasteiger partial charge >= 0.3 is 5.97 Å². The Morgan fingerprint density at radius 3 is 2.88 bits per heavy atom. The Morgan fingerprint density at radius 2 is 2.29 bits per heavy atom. The van der Waals surface area contributed by atoms with Gasteiger partial charge in [-0.1, -0.05) is 6.92 Å². The van der Waals surface area contributed by atoms with Gasteiger partial charge < -0.3 is 14.4 Å². The molecule has 1 aliphatic heterocycles. The maximum Gasteiger partial charge on any atom is 0.309 e. The van der Waals surface area contributed by atoms with Crippen molar-refractivity contribution in [3.05, 3.63) is 0 Å². The molecule has 17 heavy (non-hydrogen) atoms. The van der Waals surface area contributed by atoms with Crippen molar-refractivity contribution >= 4 is 5.97 Å². The van der Waals surface area contributed by atoms with Crippen LogP contribution in [0, 0.1) is 5.92 Å². The van der Waals surface area contributed by atoms with Gasteiger partial charge in [0.15, 0.2) is 0 Å². The lowest BCUT2D eigenvalue weighted by Gasteiger charge is -2.28. The average Bonchev–Trinajstić information content (AvgIpc) is 2.30. The lowest BCUT2D eigenvalue weighted by Crippen LogP contribution is -2.37. The number of hydrogen-bond donors (Lipinski definition) is 0. The summed E-state index contributed by atoms with van der Waals surface area (Å²) in [7, 11) is 2.04. The van der Waals surface area contributed by atoms with Gasteiger partial charge in [-0.05, 0) is 33.2 Å². The van der Waals surface area contributed by atoms with E-state index in [1.165, 1.54) is 12.8 Å². The predicted molar refractivity (Wildman–Crippen MR) is 66.9 cm³/mol. The molecule has 2 atom stereocenters. The second-order valence-electron chi connectivity index (χ2n) is 4.86. The molecule has 0 aromatic carbocycles. The first-order chi connectivity index (χ1) is 8.13. The number of ether oxygens (including phenoxy) is 2. The molecular formula is C13H25NO3. The fraction of sp³-hybridized carbons (Fsp3) is 0.923. The number of hydrogen-bond acceptors (Lipinski definition) is 4. The molecule has 0 radical (unpaired) electrons. The van der Waals surface area contributed by atoms with Crippen molar-refractivity contribution in [2.75, 3.05) is 33.4 Å². The van der Waals surface area contributed by atoms with Gasteiger partial charge in [0.05, 0.1) is 18.6 Å². The molecule has 0 bridgehead atoms. The summed E-state index contributed by atoms with van der Waals surface area (Å²) in [6.45, 7) is 6.73. The van der Waals surface area contributed by atoms with Crippen molar-refractivity contribution in [1.82, 2.24) is 4.90 Å². The Morgan fingerprint density at radius 1 is 1.53 bits per heavy atom. The topological polar surface area (TPSA) is 38.8 Å². The van der Waals surface area contributed by atoms with Gasteiger partial charge in [-0.2, -0.15) is 0 Å². The van der Waals surface area contributed by atoms with Crippen LogP contribution in [0.1, 0.15) is 33.1 Å². The third-order valence-corrected chi connectivity index (χ3v) is 3.06. The molecule has 1 saturated heterocycles. The van der Waals surface area contributed by atoms with E-state index in [0.29, 0.717) is 12.7 Å². The van der Waals surface area contributed by atoms with Crippen LogP contribution < -0.4 is 0 Å². The van der Waals surface area contributed by atoms with Gasteiger partial charge in [0.2, 0.25) is 0 Å². The number of carbonyl (C=O) groups is 1. The summed E-state index contributed by atoms with van der Waals surface area (Å²) < 4.78 is 10.7. The smallest absolute Gasteiger partial charge is 0.309 e. The molecule has 0 spiro atoms. The molecule has 4 nitrogen and oxygen atoms in total. The number of nitrogens with zero attached hydrogens (tertiary/aromatic N) is 1. The highest BCUT2D eigenvalue weighted by Gasteiger charge is 2.20. The second kappa shape index (κ2) is 7.67. The van der Waals surface area contributed by atoms with E-state index in [9.17, 15) is 4.79 Å². The zero-order valence-corrected chi connectivity index (χ0v) is 11.3. The van der Waals surface area contributed by atoms with Crippen LogP contribution in [0.25, 0.3) is 0 Å². The summed E-state index contributed by atoms with van der Waals surface area (Å²) in [5.41, 5.74) is 0. The number of rotatable bonds is 6. The zero-order valence-electron chi connectivity index (χ0n) is 11.3. The normalized spacial score (nSPS) is 22.5. The van der Waals surface area contributed by atoms with Crippen LogP contribution in [0.5, 0.6) is 0 Å². The van der Waals surface area contributed by atoms with Crippen LogP contribution in [0.15, 0.2) is 0 Å². The fourth-order valence-electron chi connectivity index (χ4n) is 2.20. The van der Waals surface area contributed by atoms with Crippen molar-refractivity contribution < 1.29 is 14.3 Å². The van der Waals surface area contributed by atoms with E-state index in [4.69, 9.17) is 9.47 Å². The maximum absolute atomic E-state index is 11.5. The van der Waals surface area contributed by atoms with E-state index in [-0.39, 0.29) is 11.9 Å². The molecule has 1 fully saturated rings. The van der Waals surface area contributed by atoms with Crippen molar-refractivity contribution in [2.24, 2.45) is 5.92 Å². The summed E-state index contributed by atoms with van der Waals surface area (Å²) in [5.74, 6) is -0.174. The molecule has 1 aliphatic rings. The number of carbonyl (C=O) groups excluding carboxylic acids is 1. The Bertz CT molecular complexity index is 227. The van der Waals surface area contributed by atoms with Gasteiger partial charge in [-0.15, -0.1) is 0 Å². The quantitative estimate of drug-likeness (QED) is 0.665. The van der Waals surface area contributed by atoms with Crippen molar-refractivity contribution in [2.45, 2.75) is 39.2 Å². The van der Waals surface area contributed by atoms with Gasteiger partial charge in [-0.3, -0.25) is 4.79 Å². The molecular weight excluding hydrogens is 218 g/mol. The van der Waals surface area contributed by atoms with Crippen LogP contribution in [0.2, 0.25) is 0 Å². The first-order valence-corrected chi connectivity index (χ1v) is 6.60. The van der Waals surface area contributed by atoms with E-state index >= 15 is 0 Å². The molecule has 0 aromatic rings. The number of likely N-dealkylation sites (N-methyl/N-ethyl adjacent to an activating group) is 1. The minimum absolute atomic E-state index is 0.0662. The van der Waals surface area contributed by atoms with Gasteiger partial charge in [-0.25, -0.2) is 0 Å². The third kappa shape index (κ3) is 5.50. The van der Waals surface area contributed by atoms with Crippen LogP contribution >= 0.6 is 0 Å². The highest BCUT2D eigenvalue weighted by atomic mass is 16.5. The molecule has 0 amide bonds.